The fourth-order valence-corrected chi connectivity index (χ4v) is 12.4. The van der Waals surface area contributed by atoms with Gasteiger partial charge in [-0.15, -0.1) is 0 Å². The van der Waals surface area contributed by atoms with E-state index >= 15 is 0 Å². The zero-order chi connectivity index (χ0) is 72.6. The van der Waals surface area contributed by atoms with Gasteiger partial charge in [0.15, 0.2) is 25.0 Å². The largest absolute Gasteiger partial charge is 0.472 e. The first kappa shape index (κ1) is 89.6. The number of allylic oxidation sites excluding steroid dienone is 4. The van der Waals surface area contributed by atoms with Crippen molar-refractivity contribution in [1.29, 1.82) is 0 Å². The molecule has 12 N–H and O–H groups in total. The molecule has 17 atom stereocenters. The SMILES string of the molecule is CCCCCCCC/C=C\CCCCCCCC(=O)OC[C@H](COP(=O)(O)OCCNC(=O)CCCCC(=O)NCCCO[C@@H]1O[C@H](CO)[C@H](O)[C@H](O[C@H]2O[C@H](CO)[C@H](O)[C@H](O)[C@H]2NC(C)=O)[C@H]1O[C@@H]1O[C@@H](C)[C@@H](O)[C@@H](O)[C@@H]1O)OC(=O)CCCCCCC/C=C\CCCCCCCC. The molecule has 3 aliphatic heterocycles. The summed E-state index contributed by atoms with van der Waals surface area (Å²) < 4.78 is 69.7. The molecule has 3 aliphatic rings. The van der Waals surface area contributed by atoms with Crippen LogP contribution in [-0.2, 0) is 75.5 Å². The van der Waals surface area contributed by atoms with Gasteiger partial charge in [0.25, 0.3) is 0 Å². The number of amides is 3. The lowest BCUT2D eigenvalue weighted by atomic mass is 9.95. The zero-order valence-corrected chi connectivity index (χ0v) is 60.4. The van der Waals surface area contributed by atoms with Gasteiger partial charge in [-0.2, -0.15) is 0 Å². The molecule has 576 valence electrons. The van der Waals surface area contributed by atoms with Crippen molar-refractivity contribution in [3.63, 3.8) is 0 Å². The molecule has 3 heterocycles. The number of phosphoric acid groups is 1. The molecule has 0 bridgehead atoms. The molecule has 1 unspecified atom stereocenters. The molecule has 0 aromatic carbocycles. The zero-order valence-electron chi connectivity index (χ0n) is 59.5. The fourth-order valence-electron chi connectivity index (χ4n) is 11.6. The average Bonchev–Trinajstić information content (AvgIpc) is 0.775. The Labute approximate surface area is 587 Å². The summed E-state index contributed by atoms with van der Waals surface area (Å²) in [6, 6.07) is -1.49. The second-order valence-corrected chi connectivity index (χ2v) is 27.7. The maximum atomic E-state index is 13.0. The number of esters is 2. The Balaban J connectivity index is 1.42. The van der Waals surface area contributed by atoms with Crippen LogP contribution in [-0.4, -0.2) is 226 Å². The number of ether oxygens (including phenoxy) is 8. The molecule has 29 heteroatoms. The van der Waals surface area contributed by atoms with Crippen molar-refractivity contribution < 1.29 is 121 Å². The van der Waals surface area contributed by atoms with E-state index in [1.54, 1.807) is 0 Å². The molecule has 0 spiro atoms. The molecule has 0 aromatic heterocycles. The maximum absolute atomic E-state index is 13.0. The Morgan fingerprint density at radius 1 is 0.485 bits per heavy atom. The smallest absolute Gasteiger partial charge is 0.462 e. The van der Waals surface area contributed by atoms with Crippen molar-refractivity contribution in [3.8, 4) is 0 Å². The van der Waals surface area contributed by atoms with Gasteiger partial charge >= 0.3 is 19.8 Å². The summed E-state index contributed by atoms with van der Waals surface area (Å²) in [7, 11) is -4.74. The van der Waals surface area contributed by atoms with Crippen molar-refractivity contribution >= 4 is 37.5 Å². The minimum absolute atomic E-state index is 0.0139. The van der Waals surface area contributed by atoms with Crippen LogP contribution in [0.3, 0.4) is 0 Å². The number of nitrogens with one attached hydrogen (secondary N) is 3. The van der Waals surface area contributed by atoms with Gasteiger partial charge in [0.1, 0.15) is 73.7 Å². The molecule has 0 aliphatic carbocycles. The number of carbonyl (C=O) groups excluding carboxylic acids is 5. The molecular weight excluding hydrogens is 1310 g/mol. The first-order valence-electron chi connectivity index (χ1n) is 36.9. The van der Waals surface area contributed by atoms with Crippen molar-refractivity contribution in [2.75, 3.05) is 52.7 Å². The summed E-state index contributed by atoms with van der Waals surface area (Å²) in [6.07, 6.45) is 15.2. The third kappa shape index (κ3) is 38.6. The Bertz CT molecular complexity index is 2280. The van der Waals surface area contributed by atoms with E-state index in [0.29, 0.717) is 25.7 Å². The molecule has 0 radical (unpaired) electrons. The predicted octanol–water partition coefficient (Wildman–Crippen LogP) is 6.47. The number of unbranched alkanes of at least 4 members (excludes halogenated alkanes) is 23. The third-order valence-corrected chi connectivity index (χ3v) is 18.5. The van der Waals surface area contributed by atoms with E-state index in [9.17, 15) is 74.3 Å². The van der Waals surface area contributed by atoms with Crippen LogP contribution in [0.1, 0.15) is 240 Å². The van der Waals surface area contributed by atoms with E-state index in [-0.39, 0.29) is 64.3 Å². The lowest BCUT2D eigenvalue weighted by Gasteiger charge is -2.49. The Kier molecular flexibility index (Phi) is 48.9. The van der Waals surface area contributed by atoms with Gasteiger partial charge in [0.2, 0.25) is 17.7 Å². The van der Waals surface area contributed by atoms with Gasteiger partial charge in [0, 0.05) is 45.7 Å². The number of carbonyl (C=O) groups is 5. The van der Waals surface area contributed by atoms with Crippen molar-refractivity contribution in [2.45, 2.75) is 338 Å². The number of hydrogen-bond donors (Lipinski definition) is 12. The maximum Gasteiger partial charge on any atom is 0.472 e. The molecule has 3 amide bonds. The lowest BCUT2D eigenvalue weighted by Crippen LogP contribution is -2.68. The first-order valence-corrected chi connectivity index (χ1v) is 38.4. The molecule has 0 saturated carbocycles. The fraction of sp³-hybridized carbons (Fsp3) is 0.871. The van der Waals surface area contributed by atoms with E-state index < -0.39 is 156 Å². The van der Waals surface area contributed by atoms with Gasteiger partial charge in [-0.3, -0.25) is 33.0 Å². The van der Waals surface area contributed by atoms with E-state index in [0.717, 1.165) is 84.0 Å². The molecule has 3 rings (SSSR count). The normalized spacial score (nSPS) is 26.7. The van der Waals surface area contributed by atoms with Crippen LogP contribution in [0.25, 0.3) is 0 Å². The van der Waals surface area contributed by atoms with Gasteiger partial charge in [-0.1, -0.05) is 141 Å². The topological polar surface area (TPSA) is 413 Å². The number of aliphatic hydroxyl groups excluding tert-OH is 8. The van der Waals surface area contributed by atoms with Crippen LogP contribution < -0.4 is 16.0 Å². The molecule has 0 aromatic rings. The van der Waals surface area contributed by atoms with Crippen LogP contribution in [0.2, 0.25) is 0 Å². The summed E-state index contributed by atoms with van der Waals surface area (Å²) in [5.41, 5.74) is 0. The monoisotopic (exact) mass is 1440 g/mol. The molecule has 3 saturated heterocycles. The average molecular weight is 1440 g/mol. The second-order valence-electron chi connectivity index (χ2n) is 26.2. The predicted molar refractivity (Wildman–Crippen MR) is 366 cm³/mol. The van der Waals surface area contributed by atoms with Gasteiger partial charge < -0.3 is 99.6 Å². The number of aliphatic hydroxyl groups is 8. The van der Waals surface area contributed by atoms with Crippen LogP contribution in [0, 0.1) is 0 Å². The van der Waals surface area contributed by atoms with Crippen LogP contribution in [0.15, 0.2) is 24.3 Å². The number of phosphoric ester groups is 1. The quantitative estimate of drug-likeness (QED) is 0.0134. The standard InChI is InChI=1S/C70H126N3O25P/c1-5-7-9-11-13-15-17-19-21-23-25-27-29-31-33-40-57(79)90-48-52(94-58(80)41-34-32-30-28-26-24-22-20-18-16-14-12-10-8-6-2)49-92-99(87,88)91-45-43-72-56(78)39-36-35-38-55(77)71-42-37-44-89-70-67(98-69-65(86)64(85)60(81)50(3)93-69)66(62(83)54(47-75)96-70)97-68-59(73-51(4)76)63(84)61(82)53(46-74)95-68/h19-22,50,52-54,59-70,74-75,81-86H,5-18,23-49H2,1-4H3,(H,71,77)(H,72,78)(H,73,76)(H,87,88)/b21-19-,22-20-/t50-,52+,53+,54+,59+,60+,61-,62-,63+,64+,65-,66-,67+,68+,69-,70+/m0/s1. The minimum atomic E-state index is -4.74. The highest BCUT2D eigenvalue weighted by Crippen LogP contribution is 2.43. The van der Waals surface area contributed by atoms with Crippen molar-refractivity contribution in [1.82, 2.24) is 16.0 Å². The van der Waals surface area contributed by atoms with Crippen molar-refractivity contribution in [3.05, 3.63) is 24.3 Å². The molecule has 99 heavy (non-hydrogen) atoms. The van der Waals surface area contributed by atoms with Gasteiger partial charge in [-0.25, -0.2) is 4.57 Å². The summed E-state index contributed by atoms with van der Waals surface area (Å²) in [4.78, 5) is 73.9. The molecular formula is C70H126N3O25P. The highest BCUT2D eigenvalue weighted by atomic mass is 31.2. The van der Waals surface area contributed by atoms with Crippen LogP contribution >= 0.6 is 7.82 Å². The van der Waals surface area contributed by atoms with Gasteiger partial charge in [0.05, 0.1) is 39.1 Å². The minimum Gasteiger partial charge on any atom is -0.462 e. The van der Waals surface area contributed by atoms with Crippen LogP contribution in [0.5, 0.6) is 0 Å². The third-order valence-electron chi connectivity index (χ3n) is 17.5. The van der Waals surface area contributed by atoms with E-state index in [4.69, 9.17) is 46.9 Å². The Morgan fingerprint density at radius 2 is 0.960 bits per heavy atom. The number of rotatable bonds is 57. The summed E-state index contributed by atoms with van der Waals surface area (Å²) in [5.74, 6) is -2.49. The number of hydrogen-bond acceptors (Lipinski definition) is 24. The van der Waals surface area contributed by atoms with Gasteiger partial charge in [-0.05, 0) is 90.4 Å². The second kappa shape index (κ2) is 54.1. The highest BCUT2D eigenvalue weighted by Gasteiger charge is 2.54. The summed E-state index contributed by atoms with van der Waals surface area (Å²) in [5, 5.41) is 92.7. The Hall–Kier alpha value is -3.62. The van der Waals surface area contributed by atoms with Crippen LogP contribution in [0.4, 0.5) is 0 Å². The summed E-state index contributed by atoms with van der Waals surface area (Å²) in [6.45, 7) is 3.69. The first-order chi connectivity index (χ1) is 47.7. The van der Waals surface area contributed by atoms with Crippen molar-refractivity contribution in [2.24, 2.45) is 0 Å². The van der Waals surface area contributed by atoms with E-state index in [1.807, 2.05) is 0 Å². The Morgan fingerprint density at radius 3 is 1.49 bits per heavy atom. The van der Waals surface area contributed by atoms with E-state index in [2.05, 4.69) is 54.1 Å². The molecule has 28 nitrogen and oxygen atoms in total. The molecule has 3 fully saturated rings. The lowest BCUT2D eigenvalue weighted by molar-refractivity contribution is -0.385. The highest BCUT2D eigenvalue weighted by molar-refractivity contribution is 7.47. The van der Waals surface area contributed by atoms with E-state index in [1.165, 1.54) is 84.0 Å². The summed E-state index contributed by atoms with van der Waals surface area (Å²) >= 11 is 0.